The Morgan fingerprint density at radius 3 is 2.65 bits per heavy atom. The summed E-state index contributed by atoms with van der Waals surface area (Å²) in [7, 11) is 1.60. The first-order chi connectivity index (χ1) is 7.79. The number of carbonyl (C=O) groups excluding carboxylic acids is 2. The molecule has 1 N–H and O–H groups in total. The van der Waals surface area contributed by atoms with Crippen LogP contribution in [-0.2, 0) is 4.79 Å². The first-order valence-electron chi connectivity index (χ1n) is 5.13. The summed E-state index contributed by atoms with van der Waals surface area (Å²) in [5, 5.41) is 1.75. The van der Waals surface area contributed by atoms with Gasteiger partial charge in [0, 0.05) is 20.1 Å². The summed E-state index contributed by atoms with van der Waals surface area (Å²) >= 11 is 0. The van der Waals surface area contributed by atoms with Crippen molar-refractivity contribution in [1.29, 1.82) is 0 Å². The average Bonchev–Trinajstić information content (AvgIpc) is 2.37. The van der Waals surface area contributed by atoms with Crippen molar-refractivity contribution >= 4 is 11.9 Å². The van der Waals surface area contributed by atoms with Gasteiger partial charge in [-0.15, -0.1) is 0 Å². The van der Waals surface area contributed by atoms with Crippen molar-refractivity contribution in [2.24, 2.45) is 0 Å². The average molecular weight is 253 g/mol. The number of alkyl halides is 3. The van der Waals surface area contributed by atoms with Crippen molar-refractivity contribution < 1.29 is 22.8 Å². The summed E-state index contributed by atoms with van der Waals surface area (Å²) < 4.78 is 35.7. The first-order valence-corrected chi connectivity index (χ1v) is 5.13. The van der Waals surface area contributed by atoms with E-state index < -0.39 is 18.8 Å². The Balaban J connectivity index is 2.49. The van der Waals surface area contributed by atoms with Crippen LogP contribution in [0.5, 0.6) is 0 Å². The summed E-state index contributed by atoms with van der Waals surface area (Å²) in [6.45, 7) is -0.784. The topological polar surface area (TPSA) is 52.6 Å². The van der Waals surface area contributed by atoms with Crippen LogP contribution < -0.4 is 5.32 Å². The fourth-order valence-electron chi connectivity index (χ4n) is 1.45. The Labute approximate surface area is 96.5 Å². The lowest BCUT2D eigenvalue weighted by Gasteiger charge is -2.20. The lowest BCUT2D eigenvalue weighted by Crippen LogP contribution is -2.46. The Morgan fingerprint density at radius 2 is 2.06 bits per heavy atom. The van der Waals surface area contributed by atoms with E-state index in [1.54, 1.807) is 12.4 Å². The minimum Gasteiger partial charge on any atom is -0.344 e. The molecule has 0 radical (unpaired) electrons. The second-order valence-electron chi connectivity index (χ2n) is 3.86. The third-order valence-electron chi connectivity index (χ3n) is 2.40. The molecule has 1 heterocycles. The molecule has 0 aromatic carbocycles. The van der Waals surface area contributed by atoms with Crippen molar-refractivity contribution in [3.8, 4) is 0 Å². The van der Waals surface area contributed by atoms with Crippen LogP contribution in [0.4, 0.5) is 18.0 Å². The number of nitrogens with zero attached hydrogens (tertiary/aromatic N) is 2. The number of nitrogens with one attached hydrogen (secondary N) is 1. The van der Waals surface area contributed by atoms with E-state index in [0.29, 0.717) is 13.0 Å². The van der Waals surface area contributed by atoms with Crippen LogP contribution in [0.25, 0.3) is 0 Å². The number of hydrogen-bond acceptors (Lipinski definition) is 2. The second-order valence-corrected chi connectivity index (χ2v) is 3.86. The van der Waals surface area contributed by atoms with Gasteiger partial charge in [0.15, 0.2) is 0 Å². The summed E-state index contributed by atoms with van der Waals surface area (Å²) in [6, 6.07) is -0.856. The van der Waals surface area contributed by atoms with Gasteiger partial charge in [-0.1, -0.05) is 0 Å². The zero-order valence-corrected chi connectivity index (χ0v) is 9.38. The van der Waals surface area contributed by atoms with Crippen LogP contribution in [0.15, 0.2) is 0 Å². The minimum absolute atomic E-state index is 0.180. The summed E-state index contributed by atoms with van der Waals surface area (Å²) in [6.07, 6.45) is -3.88. The van der Waals surface area contributed by atoms with Crippen LogP contribution in [0.2, 0.25) is 0 Å². The molecule has 1 aliphatic heterocycles. The predicted molar refractivity (Wildman–Crippen MR) is 53.3 cm³/mol. The van der Waals surface area contributed by atoms with Gasteiger partial charge < -0.3 is 15.1 Å². The molecule has 0 bridgehead atoms. The molecule has 0 unspecified atom stereocenters. The standard InChI is InChI=1S/C9H14F3N3O2/c1-14-3-2-4-15(5-7(14)16)8(17)13-6-9(10,11)12/h2-6H2,1H3,(H,13,17). The number of hydrogen-bond donors (Lipinski definition) is 1. The van der Waals surface area contributed by atoms with E-state index in [-0.39, 0.29) is 19.0 Å². The zero-order chi connectivity index (χ0) is 13.1. The molecule has 1 aliphatic rings. The van der Waals surface area contributed by atoms with Crippen molar-refractivity contribution in [3.63, 3.8) is 0 Å². The Morgan fingerprint density at radius 1 is 1.41 bits per heavy atom. The molecule has 1 saturated heterocycles. The largest absolute Gasteiger partial charge is 0.405 e. The van der Waals surface area contributed by atoms with E-state index in [1.165, 1.54) is 4.90 Å². The van der Waals surface area contributed by atoms with Crippen LogP contribution in [0, 0.1) is 0 Å². The highest BCUT2D eigenvalue weighted by atomic mass is 19.4. The van der Waals surface area contributed by atoms with Crippen LogP contribution >= 0.6 is 0 Å². The molecule has 1 rings (SSSR count). The van der Waals surface area contributed by atoms with E-state index in [2.05, 4.69) is 0 Å². The van der Waals surface area contributed by atoms with Gasteiger partial charge in [0.25, 0.3) is 0 Å². The maximum atomic E-state index is 11.9. The molecule has 0 aromatic heterocycles. The zero-order valence-electron chi connectivity index (χ0n) is 9.38. The number of likely N-dealkylation sites (N-methyl/N-ethyl adjacent to an activating group) is 1. The monoisotopic (exact) mass is 253 g/mol. The molecule has 0 spiro atoms. The van der Waals surface area contributed by atoms with Crippen LogP contribution in [0.3, 0.4) is 0 Å². The Bertz CT molecular complexity index is 306. The van der Waals surface area contributed by atoms with Gasteiger partial charge in [-0.25, -0.2) is 4.79 Å². The maximum absolute atomic E-state index is 11.9. The van der Waals surface area contributed by atoms with Gasteiger partial charge in [-0.05, 0) is 6.42 Å². The molecule has 98 valence electrons. The van der Waals surface area contributed by atoms with Gasteiger partial charge in [0.05, 0.1) is 0 Å². The van der Waals surface area contributed by atoms with Gasteiger partial charge in [-0.2, -0.15) is 13.2 Å². The molecule has 1 fully saturated rings. The molecule has 17 heavy (non-hydrogen) atoms. The van der Waals surface area contributed by atoms with Gasteiger partial charge in [-0.3, -0.25) is 4.79 Å². The smallest absolute Gasteiger partial charge is 0.344 e. The molecule has 0 saturated carbocycles. The lowest BCUT2D eigenvalue weighted by atomic mass is 10.4. The highest BCUT2D eigenvalue weighted by Crippen LogP contribution is 2.12. The molecular formula is C9H14F3N3O2. The molecular weight excluding hydrogens is 239 g/mol. The predicted octanol–water partition coefficient (Wildman–Crippen LogP) is 0.422. The van der Waals surface area contributed by atoms with E-state index in [1.807, 2.05) is 0 Å². The fourth-order valence-corrected chi connectivity index (χ4v) is 1.45. The number of amides is 3. The van der Waals surface area contributed by atoms with Gasteiger partial charge >= 0.3 is 12.2 Å². The normalized spacial score (nSPS) is 18.0. The fraction of sp³-hybridized carbons (Fsp3) is 0.778. The Kier molecular flexibility index (Phi) is 4.19. The van der Waals surface area contributed by atoms with Crippen LogP contribution in [-0.4, -0.2) is 61.1 Å². The van der Waals surface area contributed by atoms with E-state index in [4.69, 9.17) is 0 Å². The van der Waals surface area contributed by atoms with E-state index in [0.717, 1.165) is 4.90 Å². The molecule has 5 nitrogen and oxygen atoms in total. The quantitative estimate of drug-likeness (QED) is 0.736. The molecule has 8 heteroatoms. The van der Waals surface area contributed by atoms with E-state index >= 15 is 0 Å². The van der Waals surface area contributed by atoms with Crippen molar-refractivity contribution in [2.45, 2.75) is 12.6 Å². The SMILES string of the molecule is CN1CCCN(C(=O)NCC(F)(F)F)CC1=O. The number of urea groups is 1. The molecule has 0 aliphatic carbocycles. The van der Waals surface area contributed by atoms with Crippen molar-refractivity contribution in [1.82, 2.24) is 15.1 Å². The molecule has 0 aromatic rings. The second kappa shape index (κ2) is 5.24. The number of carbonyl (C=O) groups is 2. The number of halogens is 3. The summed E-state index contributed by atoms with van der Waals surface area (Å²) in [5.41, 5.74) is 0. The minimum atomic E-state index is -4.44. The van der Waals surface area contributed by atoms with Crippen molar-refractivity contribution in [3.05, 3.63) is 0 Å². The highest BCUT2D eigenvalue weighted by molar-refractivity contribution is 5.84. The Hall–Kier alpha value is -1.47. The van der Waals surface area contributed by atoms with E-state index in [9.17, 15) is 22.8 Å². The third kappa shape index (κ3) is 4.49. The van der Waals surface area contributed by atoms with Crippen molar-refractivity contribution in [2.75, 3.05) is 33.2 Å². The van der Waals surface area contributed by atoms with Gasteiger partial charge in [0.2, 0.25) is 5.91 Å². The first kappa shape index (κ1) is 13.6. The highest BCUT2D eigenvalue weighted by Gasteiger charge is 2.30. The summed E-state index contributed by atoms with van der Waals surface area (Å²) in [5.74, 6) is -0.273. The van der Waals surface area contributed by atoms with Gasteiger partial charge in [0.1, 0.15) is 13.1 Å². The molecule has 0 atom stereocenters. The molecule has 3 amide bonds. The van der Waals surface area contributed by atoms with Crippen LogP contribution in [0.1, 0.15) is 6.42 Å². The third-order valence-corrected chi connectivity index (χ3v) is 2.40. The lowest BCUT2D eigenvalue weighted by molar-refractivity contribution is -0.129. The summed E-state index contributed by atoms with van der Waals surface area (Å²) in [4.78, 5) is 25.4. The maximum Gasteiger partial charge on any atom is 0.405 e. The number of rotatable bonds is 1.